The van der Waals surface area contributed by atoms with Crippen molar-refractivity contribution < 1.29 is 9.84 Å². The maximum Gasteiger partial charge on any atom is 0.134 e. The van der Waals surface area contributed by atoms with Crippen molar-refractivity contribution in [3.8, 4) is 0 Å². The minimum Gasteiger partial charge on any atom is -0.389 e. The van der Waals surface area contributed by atoms with Gasteiger partial charge in [-0.25, -0.2) is 4.98 Å². The van der Waals surface area contributed by atoms with Crippen LogP contribution in [0.1, 0.15) is 31.4 Å². The Labute approximate surface area is 109 Å². The van der Waals surface area contributed by atoms with Crippen LogP contribution in [-0.2, 0) is 4.74 Å². The molecule has 0 amide bonds. The van der Waals surface area contributed by atoms with Crippen molar-refractivity contribution in [3.05, 3.63) is 23.9 Å². The van der Waals surface area contributed by atoms with Gasteiger partial charge >= 0.3 is 0 Å². The molecule has 2 rings (SSSR count). The van der Waals surface area contributed by atoms with Crippen molar-refractivity contribution in [2.24, 2.45) is 5.92 Å². The number of hydrogen-bond donors (Lipinski definition) is 1. The zero-order valence-electron chi connectivity index (χ0n) is 11.2. The average Bonchev–Trinajstić information content (AvgIpc) is 2.40. The van der Waals surface area contributed by atoms with Gasteiger partial charge in [0, 0.05) is 38.6 Å². The van der Waals surface area contributed by atoms with E-state index >= 15 is 0 Å². The zero-order chi connectivity index (χ0) is 13.0. The molecule has 100 valence electrons. The van der Waals surface area contributed by atoms with Crippen molar-refractivity contribution in [1.82, 2.24) is 4.98 Å². The van der Waals surface area contributed by atoms with Gasteiger partial charge in [-0.2, -0.15) is 0 Å². The fourth-order valence-corrected chi connectivity index (χ4v) is 2.46. The van der Waals surface area contributed by atoms with E-state index in [-0.39, 0.29) is 0 Å². The summed E-state index contributed by atoms with van der Waals surface area (Å²) in [6.07, 6.45) is 3.52. The Hall–Kier alpha value is -1.13. The lowest BCUT2D eigenvalue weighted by molar-refractivity contribution is 0.0684. The molecule has 0 spiro atoms. The van der Waals surface area contributed by atoms with Crippen LogP contribution in [0.2, 0.25) is 0 Å². The van der Waals surface area contributed by atoms with Crippen LogP contribution in [0.3, 0.4) is 0 Å². The summed E-state index contributed by atoms with van der Waals surface area (Å²) in [5, 5.41) is 9.77. The van der Waals surface area contributed by atoms with E-state index in [1.807, 2.05) is 19.2 Å². The highest BCUT2D eigenvalue weighted by atomic mass is 16.5. The van der Waals surface area contributed by atoms with Gasteiger partial charge in [-0.1, -0.05) is 6.07 Å². The van der Waals surface area contributed by atoms with Gasteiger partial charge in [-0.05, 0) is 31.7 Å². The van der Waals surface area contributed by atoms with E-state index in [0.717, 1.165) is 44.0 Å². The fourth-order valence-electron chi connectivity index (χ4n) is 2.46. The van der Waals surface area contributed by atoms with Gasteiger partial charge in [-0.3, -0.25) is 0 Å². The Balaban J connectivity index is 2.05. The maximum atomic E-state index is 9.77. The Morgan fingerprint density at radius 3 is 2.89 bits per heavy atom. The number of rotatable bonds is 4. The summed E-state index contributed by atoms with van der Waals surface area (Å²) < 4.78 is 5.37. The molecule has 0 radical (unpaired) electrons. The second-order valence-corrected chi connectivity index (χ2v) is 5.03. The number of aromatic nitrogens is 1. The van der Waals surface area contributed by atoms with Crippen molar-refractivity contribution in [1.29, 1.82) is 0 Å². The first-order valence-corrected chi connectivity index (χ1v) is 6.60. The third kappa shape index (κ3) is 3.21. The van der Waals surface area contributed by atoms with E-state index in [1.54, 1.807) is 13.1 Å². The van der Waals surface area contributed by atoms with E-state index in [2.05, 4.69) is 9.88 Å². The molecule has 1 aliphatic heterocycles. The van der Waals surface area contributed by atoms with E-state index in [4.69, 9.17) is 4.74 Å². The van der Waals surface area contributed by atoms with Gasteiger partial charge in [-0.15, -0.1) is 0 Å². The molecule has 1 N–H and O–H groups in total. The van der Waals surface area contributed by atoms with Gasteiger partial charge in [0.05, 0.1) is 6.10 Å². The number of pyridine rings is 1. The molecule has 1 saturated heterocycles. The van der Waals surface area contributed by atoms with Crippen LogP contribution in [0.4, 0.5) is 5.82 Å². The summed E-state index contributed by atoms with van der Waals surface area (Å²) in [6, 6.07) is 3.81. The number of anilines is 1. The van der Waals surface area contributed by atoms with Crippen LogP contribution < -0.4 is 4.90 Å². The summed E-state index contributed by atoms with van der Waals surface area (Å²) >= 11 is 0. The number of hydrogen-bond acceptors (Lipinski definition) is 4. The molecule has 18 heavy (non-hydrogen) atoms. The molecule has 0 aromatic carbocycles. The highest BCUT2D eigenvalue weighted by Crippen LogP contribution is 2.25. The molecule has 4 nitrogen and oxygen atoms in total. The Bertz CT molecular complexity index is 376. The summed E-state index contributed by atoms with van der Waals surface area (Å²) in [5.74, 6) is 1.55. The average molecular weight is 250 g/mol. The van der Waals surface area contributed by atoms with Crippen molar-refractivity contribution in [2.75, 3.05) is 31.7 Å². The van der Waals surface area contributed by atoms with Crippen LogP contribution in [0, 0.1) is 5.92 Å². The molecule has 2 heterocycles. The van der Waals surface area contributed by atoms with Crippen molar-refractivity contribution in [3.63, 3.8) is 0 Å². The van der Waals surface area contributed by atoms with E-state index in [1.165, 1.54) is 0 Å². The highest BCUT2D eigenvalue weighted by Gasteiger charge is 2.19. The summed E-state index contributed by atoms with van der Waals surface area (Å²) in [5.41, 5.74) is 0.895. The molecular formula is C14H22N2O2. The molecule has 1 atom stereocenters. The second kappa shape index (κ2) is 6.16. The second-order valence-electron chi connectivity index (χ2n) is 5.03. The predicted molar refractivity (Wildman–Crippen MR) is 71.7 cm³/mol. The molecule has 1 aromatic heterocycles. The van der Waals surface area contributed by atoms with Gasteiger partial charge in [0.15, 0.2) is 0 Å². The van der Waals surface area contributed by atoms with E-state index < -0.39 is 6.10 Å². The number of aliphatic hydroxyl groups is 1. The number of ether oxygens (including phenoxy) is 1. The first-order valence-electron chi connectivity index (χ1n) is 6.60. The minimum absolute atomic E-state index is 0.481. The predicted octanol–water partition coefficient (Wildman–Crippen LogP) is 2.00. The third-order valence-corrected chi connectivity index (χ3v) is 3.50. The zero-order valence-corrected chi connectivity index (χ0v) is 11.2. The standard InChI is InChI=1S/C14H22N2O2/c1-11(17)13-4-3-7-15-14(13)16(2)10-12-5-8-18-9-6-12/h3-4,7,11-12,17H,5-6,8-10H2,1-2H3/t11-/m1/s1. The number of nitrogens with zero attached hydrogens (tertiary/aromatic N) is 2. The van der Waals surface area contributed by atoms with E-state index in [0.29, 0.717) is 5.92 Å². The lowest BCUT2D eigenvalue weighted by Gasteiger charge is -2.29. The van der Waals surface area contributed by atoms with Gasteiger partial charge in [0.1, 0.15) is 5.82 Å². The van der Waals surface area contributed by atoms with Crippen LogP contribution in [0.15, 0.2) is 18.3 Å². The quantitative estimate of drug-likeness (QED) is 0.887. The summed E-state index contributed by atoms with van der Waals surface area (Å²) in [7, 11) is 2.05. The monoisotopic (exact) mass is 250 g/mol. The minimum atomic E-state index is -0.481. The largest absolute Gasteiger partial charge is 0.389 e. The van der Waals surface area contributed by atoms with Crippen LogP contribution in [0.5, 0.6) is 0 Å². The number of aliphatic hydroxyl groups excluding tert-OH is 1. The van der Waals surface area contributed by atoms with Crippen molar-refractivity contribution in [2.45, 2.75) is 25.9 Å². The highest BCUT2D eigenvalue weighted by molar-refractivity contribution is 5.47. The molecular weight excluding hydrogens is 228 g/mol. The van der Waals surface area contributed by atoms with Gasteiger partial charge in [0.25, 0.3) is 0 Å². The van der Waals surface area contributed by atoms with Crippen molar-refractivity contribution >= 4 is 5.82 Å². The van der Waals surface area contributed by atoms with Crippen LogP contribution >= 0.6 is 0 Å². The Morgan fingerprint density at radius 1 is 1.50 bits per heavy atom. The lowest BCUT2D eigenvalue weighted by Crippen LogP contribution is -2.30. The van der Waals surface area contributed by atoms with E-state index in [9.17, 15) is 5.11 Å². The fraction of sp³-hybridized carbons (Fsp3) is 0.643. The summed E-state index contributed by atoms with van der Waals surface area (Å²) in [6.45, 7) is 4.48. The Kier molecular flexibility index (Phi) is 4.55. The molecule has 0 bridgehead atoms. The summed E-state index contributed by atoms with van der Waals surface area (Å²) in [4.78, 5) is 6.55. The molecule has 0 aliphatic carbocycles. The molecule has 1 aromatic rings. The molecule has 1 fully saturated rings. The van der Waals surface area contributed by atoms with Gasteiger partial charge in [0.2, 0.25) is 0 Å². The molecule has 4 heteroatoms. The van der Waals surface area contributed by atoms with Crippen LogP contribution in [0.25, 0.3) is 0 Å². The molecule has 0 unspecified atom stereocenters. The Morgan fingerprint density at radius 2 is 2.22 bits per heavy atom. The van der Waals surface area contributed by atoms with Gasteiger partial charge < -0.3 is 14.7 Å². The smallest absolute Gasteiger partial charge is 0.134 e. The SMILES string of the molecule is C[C@@H](O)c1cccnc1N(C)CC1CCOCC1. The molecule has 1 aliphatic rings. The maximum absolute atomic E-state index is 9.77. The first kappa shape index (κ1) is 13.3. The normalized spacial score (nSPS) is 18.6. The topological polar surface area (TPSA) is 45.6 Å². The van der Waals surface area contributed by atoms with Crippen LogP contribution in [-0.4, -0.2) is 36.9 Å². The molecule has 0 saturated carbocycles. The third-order valence-electron chi connectivity index (χ3n) is 3.50. The lowest BCUT2D eigenvalue weighted by atomic mass is 9.99. The first-order chi connectivity index (χ1) is 8.68.